The van der Waals surface area contributed by atoms with Crippen LogP contribution in [0.15, 0.2) is 18.6 Å². The van der Waals surface area contributed by atoms with E-state index in [1.807, 2.05) is 6.20 Å². The second-order valence-corrected chi connectivity index (χ2v) is 4.96. The maximum absolute atomic E-state index is 5.68. The highest BCUT2D eigenvalue weighted by atomic mass is 15.2. The van der Waals surface area contributed by atoms with E-state index in [2.05, 4.69) is 15.4 Å². The fraction of sp³-hybridized carbons (Fsp3) is 0.667. The van der Waals surface area contributed by atoms with Gasteiger partial charge in [-0.15, -0.1) is 0 Å². The van der Waals surface area contributed by atoms with Gasteiger partial charge in [-0.2, -0.15) is 0 Å². The Hall–Kier alpha value is -1.00. The molecule has 2 aliphatic rings. The molecule has 1 heterocycles. The smallest absolute Gasteiger partial charge is 0.0772 e. The van der Waals surface area contributed by atoms with Crippen LogP contribution in [0.4, 0.5) is 0 Å². The minimum atomic E-state index is 0.196. The molecule has 0 amide bonds. The summed E-state index contributed by atoms with van der Waals surface area (Å²) >= 11 is 0. The Labute approximate surface area is 95.6 Å². The number of hydrazine groups is 1. The van der Waals surface area contributed by atoms with Gasteiger partial charge in [-0.1, -0.05) is 12.8 Å². The molecule has 3 atom stereocenters. The van der Waals surface area contributed by atoms with E-state index in [1.54, 1.807) is 12.4 Å². The van der Waals surface area contributed by atoms with Gasteiger partial charge in [0.25, 0.3) is 0 Å². The molecule has 0 spiro atoms. The molecule has 0 saturated heterocycles. The predicted molar refractivity (Wildman–Crippen MR) is 61.0 cm³/mol. The van der Waals surface area contributed by atoms with Crippen molar-refractivity contribution in [2.45, 2.75) is 31.7 Å². The molecule has 2 saturated carbocycles. The monoisotopic (exact) mass is 218 g/mol. The zero-order chi connectivity index (χ0) is 11.0. The van der Waals surface area contributed by atoms with Gasteiger partial charge >= 0.3 is 0 Å². The van der Waals surface area contributed by atoms with Crippen LogP contribution in [-0.2, 0) is 0 Å². The molecule has 0 bridgehead atoms. The number of nitrogens with one attached hydrogen (secondary N) is 1. The summed E-state index contributed by atoms with van der Waals surface area (Å²) in [7, 11) is 0. The lowest BCUT2D eigenvalue weighted by molar-refractivity contribution is 0.445. The van der Waals surface area contributed by atoms with Crippen molar-refractivity contribution < 1.29 is 0 Å². The third-order valence-electron chi connectivity index (χ3n) is 4.19. The maximum Gasteiger partial charge on any atom is 0.0772 e. The Bertz CT molecular complexity index is 341. The van der Waals surface area contributed by atoms with E-state index < -0.39 is 0 Å². The first kappa shape index (κ1) is 10.2. The van der Waals surface area contributed by atoms with Crippen LogP contribution < -0.4 is 11.3 Å². The first-order valence-electron chi connectivity index (χ1n) is 6.14. The molecular weight excluding hydrogens is 200 g/mol. The summed E-state index contributed by atoms with van der Waals surface area (Å²) in [6.07, 6.45) is 10.8. The zero-order valence-electron chi connectivity index (χ0n) is 9.34. The summed E-state index contributed by atoms with van der Waals surface area (Å²) in [6.45, 7) is 0. The predicted octanol–water partition coefficient (Wildman–Crippen LogP) is 1.42. The Morgan fingerprint density at radius 2 is 2.00 bits per heavy atom. The van der Waals surface area contributed by atoms with E-state index >= 15 is 0 Å². The van der Waals surface area contributed by atoms with E-state index in [0.29, 0.717) is 5.92 Å². The Morgan fingerprint density at radius 3 is 2.56 bits per heavy atom. The van der Waals surface area contributed by atoms with E-state index in [1.165, 1.54) is 25.7 Å². The highest BCUT2D eigenvalue weighted by Crippen LogP contribution is 2.59. The first-order chi connectivity index (χ1) is 7.92. The molecule has 1 aromatic heterocycles. The van der Waals surface area contributed by atoms with E-state index in [0.717, 1.165) is 17.5 Å². The summed E-state index contributed by atoms with van der Waals surface area (Å²) in [5.74, 6) is 8.11. The maximum atomic E-state index is 5.68. The van der Waals surface area contributed by atoms with Gasteiger partial charge in [0.2, 0.25) is 0 Å². The Balaban J connectivity index is 1.77. The summed E-state index contributed by atoms with van der Waals surface area (Å²) in [5, 5.41) is 0. The number of nitrogens with zero attached hydrogens (tertiary/aromatic N) is 2. The number of hydrogen-bond donors (Lipinski definition) is 2. The van der Waals surface area contributed by atoms with Crippen LogP contribution in [-0.4, -0.2) is 9.97 Å². The van der Waals surface area contributed by atoms with Gasteiger partial charge in [0, 0.05) is 12.4 Å². The molecule has 4 heteroatoms. The molecule has 0 aromatic carbocycles. The second-order valence-electron chi connectivity index (χ2n) is 4.96. The van der Waals surface area contributed by atoms with Crippen LogP contribution in [0.1, 0.15) is 37.4 Å². The lowest BCUT2D eigenvalue weighted by Gasteiger charge is -2.14. The van der Waals surface area contributed by atoms with Crippen molar-refractivity contribution in [3.05, 3.63) is 24.3 Å². The fourth-order valence-electron chi connectivity index (χ4n) is 3.41. The van der Waals surface area contributed by atoms with E-state index in [-0.39, 0.29) is 6.04 Å². The summed E-state index contributed by atoms with van der Waals surface area (Å²) in [5.41, 5.74) is 3.92. The molecular formula is C12H18N4. The summed E-state index contributed by atoms with van der Waals surface area (Å²) < 4.78 is 0. The van der Waals surface area contributed by atoms with Crippen molar-refractivity contribution in [3.8, 4) is 0 Å². The van der Waals surface area contributed by atoms with Gasteiger partial charge in [-0.05, 0) is 30.6 Å². The van der Waals surface area contributed by atoms with E-state index in [4.69, 9.17) is 5.84 Å². The lowest BCUT2D eigenvalue weighted by Crippen LogP contribution is -2.31. The van der Waals surface area contributed by atoms with Crippen LogP contribution in [0, 0.1) is 17.8 Å². The summed E-state index contributed by atoms with van der Waals surface area (Å²) in [4.78, 5) is 8.49. The molecule has 3 N–H and O–H groups in total. The number of aromatic nitrogens is 2. The third-order valence-corrected chi connectivity index (χ3v) is 4.19. The van der Waals surface area contributed by atoms with Crippen molar-refractivity contribution in [2.24, 2.45) is 23.6 Å². The Kier molecular flexibility index (Phi) is 2.61. The van der Waals surface area contributed by atoms with Crippen molar-refractivity contribution >= 4 is 0 Å². The largest absolute Gasteiger partial charge is 0.271 e. The number of nitrogens with two attached hydrogens (primary N) is 1. The van der Waals surface area contributed by atoms with Crippen LogP contribution in [0.5, 0.6) is 0 Å². The molecule has 16 heavy (non-hydrogen) atoms. The van der Waals surface area contributed by atoms with Gasteiger partial charge < -0.3 is 0 Å². The van der Waals surface area contributed by atoms with Crippen LogP contribution >= 0.6 is 0 Å². The highest BCUT2D eigenvalue weighted by Gasteiger charge is 2.54. The summed E-state index contributed by atoms with van der Waals surface area (Å²) in [6, 6.07) is 0.196. The van der Waals surface area contributed by atoms with Crippen LogP contribution in [0.2, 0.25) is 0 Å². The second kappa shape index (κ2) is 4.11. The van der Waals surface area contributed by atoms with Gasteiger partial charge in [0.1, 0.15) is 0 Å². The zero-order valence-corrected chi connectivity index (χ0v) is 9.34. The van der Waals surface area contributed by atoms with Crippen molar-refractivity contribution in [1.82, 2.24) is 15.4 Å². The molecule has 2 aliphatic carbocycles. The van der Waals surface area contributed by atoms with Crippen molar-refractivity contribution in [2.75, 3.05) is 0 Å². The van der Waals surface area contributed by atoms with Gasteiger partial charge in [-0.3, -0.25) is 21.2 Å². The topological polar surface area (TPSA) is 63.8 Å². The molecule has 3 rings (SSSR count). The minimum Gasteiger partial charge on any atom is -0.271 e. The van der Waals surface area contributed by atoms with Crippen molar-refractivity contribution in [3.63, 3.8) is 0 Å². The number of hydrogen-bond acceptors (Lipinski definition) is 4. The molecule has 2 fully saturated rings. The fourth-order valence-corrected chi connectivity index (χ4v) is 3.41. The van der Waals surface area contributed by atoms with Gasteiger partial charge in [0.05, 0.1) is 17.9 Å². The van der Waals surface area contributed by atoms with E-state index in [9.17, 15) is 0 Å². The molecule has 1 aromatic rings. The van der Waals surface area contributed by atoms with Crippen LogP contribution in [0.3, 0.4) is 0 Å². The molecule has 3 unspecified atom stereocenters. The Morgan fingerprint density at radius 1 is 1.25 bits per heavy atom. The first-order valence-corrected chi connectivity index (χ1v) is 6.14. The van der Waals surface area contributed by atoms with Crippen molar-refractivity contribution in [1.29, 1.82) is 0 Å². The van der Waals surface area contributed by atoms with Gasteiger partial charge in [0.15, 0.2) is 0 Å². The molecule has 0 radical (unpaired) electrons. The van der Waals surface area contributed by atoms with Crippen LogP contribution in [0.25, 0.3) is 0 Å². The standard InChI is InChI=1S/C12H18N4/c13-16-12(10-7-14-5-6-15-10)11-8-3-1-2-4-9(8)11/h5-9,11-12,16H,1-4,13H2. The molecule has 4 nitrogen and oxygen atoms in total. The highest BCUT2D eigenvalue weighted by molar-refractivity contribution is 5.13. The quantitative estimate of drug-likeness (QED) is 0.595. The SMILES string of the molecule is NNC(c1cnccn1)C1C2CCCCC21. The average molecular weight is 218 g/mol. The lowest BCUT2D eigenvalue weighted by atomic mass is 10.0. The number of fused-ring (bicyclic) bond motifs is 1. The minimum absolute atomic E-state index is 0.196. The van der Waals surface area contributed by atoms with Gasteiger partial charge in [-0.25, -0.2) is 0 Å². The normalized spacial score (nSPS) is 34.2. The average Bonchev–Trinajstić information content (AvgIpc) is 3.07. The third kappa shape index (κ3) is 1.62. The molecule has 0 aliphatic heterocycles. The number of rotatable bonds is 3. The molecule has 86 valence electrons.